The molecule has 2 aromatic carbocycles. The fourth-order valence-electron chi connectivity index (χ4n) is 3.28. The molecule has 0 aliphatic heterocycles. The van der Waals surface area contributed by atoms with Crippen molar-refractivity contribution in [3.8, 4) is 22.5 Å². The van der Waals surface area contributed by atoms with Crippen molar-refractivity contribution in [2.24, 2.45) is 0 Å². The van der Waals surface area contributed by atoms with Crippen molar-refractivity contribution in [2.75, 3.05) is 0 Å². The second-order valence-corrected chi connectivity index (χ2v) is 8.02. The van der Waals surface area contributed by atoms with E-state index in [-0.39, 0.29) is 10.2 Å². The summed E-state index contributed by atoms with van der Waals surface area (Å²) in [6, 6.07) is 26.8. The molecule has 4 aromatic rings. The smallest absolute Gasteiger partial charge is 0.219 e. The molecule has 0 amide bonds. The summed E-state index contributed by atoms with van der Waals surface area (Å²) in [4.78, 5) is 33.5. The zero-order valence-electron chi connectivity index (χ0n) is 17.7. The number of thioether (sulfide) groups is 1. The summed E-state index contributed by atoms with van der Waals surface area (Å²) in [5, 5.41) is -0.669. The number of benzene rings is 2. The second-order valence-electron chi connectivity index (χ2n) is 7.01. The lowest BCUT2D eigenvalue weighted by Crippen LogP contribution is -1.93. The van der Waals surface area contributed by atoms with Crippen LogP contribution in [0, 0.1) is 0 Å². The molecule has 4 nitrogen and oxygen atoms in total. The van der Waals surface area contributed by atoms with E-state index >= 15 is 0 Å². The van der Waals surface area contributed by atoms with Crippen molar-refractivity contribution < 1.29 is 9.59 Å². The van der Waals surface area contributed by atoms with E-state index in [1.807, 2.05) is 84.9 Å². The normalized spacial score (nSPS) is 11.2. The molecule has 0 aliphatic rings. The molecule has 2 heterocycles. The van der Waals surface area contributed by atoms with Crippen molar-refractivity contribution in [3.63, 3.8) is 0 Å². The van der Waals surface area contributed by atoms with E-state index in [1.54, 1.807) is 24.5 Å². The highest BCUT2D eigenvalue weighted by atomic mass is 32.2. The molecule has 0 radical (unpaired) electrons. The SMILES string of the molecule is O=C(C=Cc1ccccc1-c1ccccn1)SC(=O)C=Cc1ccccc1-c1ccccn1. The first-order valence-corrected chi connectivity index (χ1v) is 11.2. The first-order valence-electron chi connectivity index (χ1n) is 10.3. The summed E-state index contributed by atoms with van der Waals surface area (Å²) in [5.41, 5.74) is 5.20. The number of nitrogens with zero attached hydrogens (tertiary/aromatic N) is 2. The van der Waals surface area contributed by atoms with Crippen molar-refractivity contribution in [1.82, 2.24) is 9.97 Å². The van der Waals surface area contributed by atoms with Crippen LogP contribution in [0.4, 0.5) is 0 Å². The van der Waals surface area contributed by atoms with Gasteiger partial charge in [0.1, 0.15) is 0 Å². The number of aromatic nitrogens is 2. The third kappa shape index (κ3) is 5.99. The Morgan fingerprint density at radius 3 is 1.42 bits per heavy atom. The third-order valence-electron chi connectivity index (χ3n) is 4.80. The van der Waals surface area contributed by atoms with E-state index in [2.05, 4.69) is 9.97 Å². The molecule has 0 N–H and O–H groups in total. The highest BCUT2D eigenvalue weighted by Gasteiger charge is 2.08. The molecule has 5 heteroatoms. The highest BCUT2D eigenvalue weighted by molar-refractivity contribution is 8.26. The van der Waals surface area contributed by atoms with Gasteiger partial charge in [-0.3, -0.25) is 19.6 Å². The molecule has 0 bridgehead atoms. The Morgan fingerprint density at radius 1 is 0.576 bits per heavy atom. The monoisotopic (exact) mass is 448 g/mol. The van der Waals surface area contributed by atoms with Crippen LogP contribution in [0.15, 0.2) is 109 Å². The molecule has 0 fully saturated rings. The zero-order valence-corrected chi connectivity index (χ0v) is 18.5. The van der Waals surface area contributed by atoms with Gasteiger partial charge < -0.3 is 0 Å². The quantitative estimate of drug-likeness (QED) is 0.323. The Hall–Kier alpha value is -4.09. The van der Waals surface area contributed by atoms with Crippen LogP contribution in [0.1, 0.15) is 11.1 Å². The van der Waals surface area contributed by atoms with Crippen molar-refractivity contribution in [1.29, 1.82) is 0 Å². The van der Waals surface area contributed by atoms with Gasteiger partial charge in [0.15, 0.2) is 0 Å². The minimum Gasteiger partial charge on any atom is -0.282 e. The minimum absolute atomic E-state index is 0.335. The van der Waals surface area contributed by atoms with Crippen LogP contribution >= 0.6 is 11.8 Å². The van der Waals surface area contributed by atoms with Crippen molar-refractivity contribution in [2.45, 2.75) is 0 Å². The van der Waals surface area contributed by atoms with Gasteiger partial charge in [0, 0.05) is 23.5 Å². The number of carbonyl (C=O) groups excluding carboxylic acids is 2. The summed E-state index contributed by atoms with van der Waals surface area (Å²) in [5.74, 6) is 0. The molecule has 4 rings (SSSR count). The van der Waals surface area contributed by atoms with Crippen LogP contribution in [0.3, 0.4) is 0 Å². The number of carbonyl (C=O) groups is 2. The average Bonchev–Trinajstić information content (AvgIpc) is 2.87. The number of rotatable bonds is 6. The summed E-state index contributed by atoms with van der Waals surface area (Å²) in [6.45, 7) is 0. The fraction of sp³-hybridized carbons (Fsp3) is 0. The molecule has 33 heavy (non-hydrogen) atoms. The summed E-state index contributed by atoms with van der Waals surface area (Å²) in [6.07, 6.45) is 9.72. The molecule has 0 aliphatic carbocycles. The van der Waals surface area contributed by atoms with Crippen molar-refractivity contribution in [3.05, 3.63) is 121 Å². The van der Waals surface area contributed by atoms with Crippen LogP contribution in [-0.2, 0) is 9.59 Å². The lowest BCUT2D eigenvalue weighted by atomic mass is 10.0. The topological polar surface area (TPSA) is 59.9 Å². The van der Waals surface area contributed by atoms with Crippen LogP contribution in [0.25, 0.3) is 34.7 Å². The summed E-state index contributed by atoms with van der Waals surface area (Å²) in [7, 11) is 0. The maximum absolute atomic E-state index is 12.4. The third-order valence-corrected chi connectivity index (χ3v) is 5.48. The number of hydrogen-bond acceptors (Lipinski definition) is 5. The van der Waals surface area contributed by atoms with Gasteiger partial charge in [-0.2, -0.15) is 0 Å². The van der Waals surface area contributed by atoms with Gasteiger partial charge in [-0.1, -0.05) is 60.7 Å². The van der Waals surface area contributed by atoms with E-state index in [4.69, 9.17) is 0 Å². The van der Waals surface area contributed by atoms with Gasteiger partial charge >= 0.3 is 0 Å². The van der Waals surface area contributed by atoms with Gasteiger partial charge in [0.25, 0.3) is 0 Å². The Morgan fingerprint density at radius 2 is 1.00 bits per heavy atom. The Kier molecular flexibility index (Phi) is 7.36. The number of hydrogen-bond donors (Lipinski definition) is 0. The highest BCUT2D eigenvalue weighted by Crippen LogP contribution is 2.24. The first kappa shape index (κ1) is 22.1. The van der Waals surface area contributed by atoms with E-state index in [0.717, 1.165) is 33.6 Å². The first-order chi connectivity index (χ1) is 16.2. The molecule has 0 atom stereocenters. The molecule has 2 aromatic heterocycles. The van der Waals surface area contributed by atoms with Gasteiger partial charge in [-0.05, 0) is 71.5 Å². The minimum atomic E-state index is -0.335. The predicted molar refractivity (Wildman–Crippen MR) is 135 cm³/mol. The molecule has 0 saturated carbocycles. The Labute approximate surface area is 196 Å². The lowest BCUT2D eigenvalue weighted by molar-refractivity contribution is -0.108. The van der Waals surface area contributed by atoms with E-state index in [9.17, 15) is 9.59 Å². The van der Waals surface area contributed by atoms with Crippen molar-refractivity contribution >= 4 is 34.1 Å². The Balaban J connectivity index is 1.44. The van der Waals surface area contributed by atoms with Crippen LogP contribution in [0.2, 0.25) is 0 Å². The Bertz CT molecular complexity index is 1210. The summed E-state index contributed by atoms with van der Waals surface area (Å²) >= 11 is 0.659. The van der Waals surface area contributed by atoms with Crippen LogP contribution < -0.4 is 0 Å². The second kappa shape index (κ2) is 11.0. The van der Waals surface area contributed by atoms with Crippen LogP contribution in [-0.4, -0.2) is 20.2 Å². The van der Waals surface area contributed by atoms with Gasteiger partial charge in [-0.25, -0.2) is 0 Å². The van der Waals surface area contributed by atoms with Gasteiger partial charge in [0.2, 0.25) is 10.2 Å². The molecule has 0 unspecified atom stereocenters. The van der Waals surface area contributed by atoms with Crippen LogP contribution in [0.5, 0.6) is 0 Å². The maximum Gasteiger partial charge on any atom is 0.219 e. The van der Waals surface area contributed by atoms with E-state index in [1.165, 1.54) is 12.2 Å². The molecular weight excluding hydrogens is 428 g/mol. The molecule has 0 saturated heterocycles. The molecule has 0 spiro atoms. The maximum atomic E-state index is 12.4. The predicted octanol–water partition coefficient (Wildman–Crippen LogP) is 6.32. The molecular formula is C28H20N2O2S. The fourth-order valence-corrected chi connectivity index (χ4v) is 3.75. The standard InChI is InChI=1S/C28H20N2O2S/c31-27(17-15-21-9-1-3-11-23(21)25-13-5-7-19-29-25)33-28(32)18-16-22-10-2-4-12-24(22)26-14-6-8-20-30-26/h1-20H. The van der Waals surface area contributed by atoms with Gasteiger partial charge in [0.05, 0.1) is 11.4 Å². The zero-order chi connectivity index (χ0) is 22.9. The van der Waals surface area contributed by atoms with E-state index < -0.39 is 0 Å². The summed E-state index contributed by atoms with van der Waals surface area (Å²) < 4.78 is 0. The number of pyridine rings is 2. The molecule has 160 valence electrons. The average molecular weight is 449 g/mol. The largest absolute Gasteiger partial charge is 0.282 e. The van der Waals surface area contributed by atoms with E-state index in [0.29, 0.717) is 11.8 Å². The lowest BCUT2D eigenvalue weighted by Gasteiger charge is -2.05. The van der Waals surface area contributed by atoms with Gasteiger partial charge in [-0.15, -0.1) is 0 Å².